The van der Waals surface area contributed by atoms with Crippen molar-refractivity contribution in [2.45, 2.75) is 112 Å². The minimum Gasteiger partial charge on any atom is -0.507 e. The van der Waals surface area contributed by atoms with Crippen LogP contribution in [0.15, 0.2) is 34.9 Å². The van der Waals surface area contributed by atoms with Gasteiger partial charge in [0.2, 0.25) is 0 Å². The van der Waals surface area contributed by atoms with E-state index in [1.165, 1.54) is 16.7 Å². The second-order valence-corrected chi connectivity index (χ2v) is 9.83. The number of aromatic hydroxyl groups is 1. The summed E-state index contributed by atoms with van der Waals surface area (Å²) in [7, 11) is 0. The van der Waals surface area contributed by atoms with E-state index >= 15 is 0 Å². The summed E-state index contributed by atoms with van der Waals surface area (Å²) < 4.78 is 30.2. The van der Waals surface area contributed by atoms with Gasteiger partial charge in [0.25, 0.3) is 0 Å². The summed E-state index contributed by atoms with van der Waals surface area (Å²) in [5, 5.41) is 10.5. The molecule has 1 N–H and O–H groups in total. The molecule has 0 spiro atoms. The molecule has 0 amide bonds. The van der Waals surface area contributed by atoms with Crippen LogP contribution in [0.1, 0.15) is 106 Å². The molecule has 0 radical (unpaired) electrons. The van der Waals surface area contributed by atoms with E-state index < -0.39 is 6.85 Å². The molecule has 1 atom stereocenters. The van der Waals surface area contributed by atoms with Gasteiger partial charge in [-0.3, -0.25) is 0 Å². The number of rotatable bonds is 9. The van der Waals surface area contributed by atoms with Gasteiger partial charge in [-0.2, -0.15) is 0 Å². The molecule has 1 heterocycles. The van der Waals surface area contributed by atoms with Crippen LogP contribution in [0.3, 0.4) is 0 Å². The third-order valence-electron chi connectivity index (χ3n) is 6.61. The Morgan fingerprint density at radius 3 is 2.19 bits per heavy atom. The molecule has 1 aromatic carbocycles. The first-order chi connectivity index (χ1) is 15.7. The fraction of sp³-hybridized carbons (Fsp3) is 0.586. The number of ether oxygens (including phenoxy) is 1. The van der Waals surface area contributed by atoms with Crippen LogP contribution >= 0.6 is 0 Å². The van der Waals surface area contributed by atoms with Crippen molar-refractivity contribution in [2.24, 2.45) is 0 Å². The molecule has 0 fully saturated rings. The first-order valence-electron chi connectivity index (χ1n) is 13.2. The maximum absolute atomic E-state index is 10.5. The maximum Gasteiger partial charge on any atom is 0.127 e. The number of fused-ring (bicyclic) bond motifs is 1. The maximum atomic E-state index is 10.5. The lowest BCUT2D eigenvalue weighted by Crippen LogP contribution is -2.37. The Morgan fingerprint density at radius 2 is 1.58 bits per heavy atom. The number of benzene rings is 1. The van der Waals surface area contributed by atoms with E-state index in [9.17, 15) is 5.11 Å². The summed E-state index contributed by atoms with van der Waals surface area (Å²) in [5.74, 6) is 0.549. The van der Waals surface area contributed by atoms with Gasteiger partial charge < -0.3 is 9.84 Å². The molecule has 1 aliphatic heterocycles. The highest BCUT2D eigenvalue weighted by Crippen LogP contribution is 2.44. The lowest BCUT2D eigenvalue weighted by Gasteiger charge is -2.38. The van der Waals surface area contributed by atoms with Crippen molar-refractivity contribution in [2.75, 3.05) is 0 Å². The molecule has 0 saturated carbocycles. The highest BCUT2D eigenvalue weighted by Gasteiger charge is 2.33. The zero-order valence-corrected chi connectivity index (χ0v) is 20.7. The van der Waals surface area contributed by atoms with E-state index in [2.05, 4.69) is 52.8 Å². The first kappa shape index (κ1) is 20.9. The average molecular weight is 428 g/mol. The molecular formula is C29H44O2. The van der Waals surface area contributed by atoms with Crippen LogP contribution in [0.4, 0.5) is 0 Å². The van der Waals surface area contributed by atoms with Crippen LogP contribution in [-0.2, 0) is 6.42 Å². The van der Waals surface area contributed by atoms with Crippen LogP contribution in [0.2, 0.25) is 0 Å². The molecule has 1 aromatic rings. The van der Waals surface area contributed by atoms with E-state index in [4.69, 9.17) is 8.85 Å². The second-order valence-electron chi connectivity index (χ2n) is 9.83. The molecule has 0 unspecified atom stereocenters. The van der Waals surface area contributed by atoms with Crippen molar-refractivity contribution in [3.05, 3.63) is 57.2 Å². The van der Waals surface area contributed by atoms with Crippen LogP contribution < -0.4 is 4.74 Å². The van der Waals surface area contributed by atoms with Crippen molar-refractivity contribution in [1.82, 2.24) is 0 Å². The number of phenolic OH excluding ortho intramolecular Hbond substituents is 1. The lowest BCUT2D eigenvalue weighted by atomic mass is 9.85. The smallest absolute Gasteiger partial charge is 0.127 e. The number of phenols is 1. The molecule has 172 valence electrons. The second kappa shape index (κ2) is 11.1. The quantitative estimate of drug-likeness (QED) is 0.400. The average Bonchev–Trinajstić information content (AvgIpc) is 2.71. The Hall–Kier alpha value is -1.96. The largest absolute Gasteiger partial charge is 0.507 e. The summed E-state index contributed by atoms with van der Waals surface area (Å²) in [6, 6.07) is 0. The first-order valence-corrected chi connectivity index (χ1v) is 11.7. The Labute approximate surface area is 195 Å². The van der Waals surface area contributed by atoms with E-state index in [1.54, 1.807) is 6.92 Å². The van der Waals surface area contributed by atoms with Gasteiger partial charge in [-0.05, 0) is 123 Å². The molecule has 1 aliphatic rings. The molecular weight excluding hydrogens is 380 g/mol. The highest BCUT2D eigenvalue weighted by molar-refractivity contribution is 5.58. The van der Waals surface area contributed by atoms with Crippen molar-refractivity contribution < 1.29 is 14.0 Å². The monoisotopic (exact) mass is 427 g/mol. The van der Waals surface area contributed by atoms with Gasteiger partial charge in [0.15, 0.2) is 0 Å². The molecule has 2 heteroatoms. The standard InChI is InChI=1S/C29H44O2/c1-20(2)12-9-13-21(3)14-10-15-22(4)16-11-18-29(8)19-17-26-25(7)27(30)23(5)24(6)28(26)31-29/h12,14,16,30H,9-11,13,15,17-19H2,1-8H3/b21-14+,22-16+/t29-/m1/s1/i7D3. The minimum absolute atomic E-state index is 0.0626. The number of allylic oxidation sites excluding steroid dienone is 6. The fourth-order valence-electron chi connectivity index (χ4n) is 4.22. The molecule has 2 nitrogen and oxygen atoms in total. The van der Waals surface area contributed by atoms with Gasteiger partial charge in [-0.1, -0.05) is 34.9 Å². The van der Waals surface area contributed by atoms with E-state index in [0.717, 1.165) is 50.5 Å². The highest BCUT2D eigenvalue weighted by atomic mass is 16.5. The Morgan fingerprint density at radius 1 is 0.968 bits per heavy atom. The van der Waals surface area contributed by atoms with Gasteiger partial charge in [0, 0.05) is 9.68 Å². The Kier molecular flexibility index (Phi) is 7.47. The van der Waals surface area contributed by atoms with Crippen molar-refractivity contribution in [1.29, 1.82) is 0 Å². The summed E-state index contributed by atoms with van der Waals surface area (Å²) in [5.41, 5.74) is 6.04. The summed E-state index contributed by atoms with van der Waals surface area (Å²) in [6.45, 7) is 12.1. The summed E-state index contributed by atoms with van der Waals surface area (Å²) in [4.78, 5) is 0. The van der Waals surface area contributed by atoms with Crippen LogP contribution in [0, 0.1) is 20.7 Å². The van der Waals surface area contributed by atoms with Crippen LogP contribution in [0.25, 0.3) is 0 Å². The van der Waals surface area contributed by atoms with Crippen LogP contribution in [-0.4, -0.2) is 10.7 Å². The van der Waals surface area contributed by atoms with E-state index in [1.807, 2.05) is 6.92 Å². The van der Waals surface area contributed by atoms with Crippen molar-refractivity contribution in [3.63, 3.8) is 0 Å². The fourth-order valence-corrected chi connectivity index (χ4v) is 4.22. The summed E-state index contributed by atoms with van der Waals surface area (Å²) in [6.07, 6.45) is 14.5. The van der Waals surface area contributed by atoms with Gasteiger partial charge in [0.1, 0.15) is 17.1 Å². The topological polar surface area (TPSA) is 29.5 Å². The zero-order chi connectivity index (χ0) is 25.7. The molecule has 31 heavy (non-hydrogen) atoms. The normalized spacial score (nSPS) is 20.9. The third kappa shape index (κ3) is 7.02. The molecule has 0 aliphatic carbocycles. The predicted octanol–water partition coefficient (Wildman–Crippen LogP) is 8.60. The predicted molar refractivity (Wildman–Crippen MR) is 134 cm³/mol. The van der Waals surface area contributed by atoms with Gasteiger partial charge in [0.05, 0.1) is 0 Å². The molecule has 0 saturated heterocycles. The summed E-state index contributed by atoms with van der Waals surface area (Å²) >= 11 is 0. The van der Waals surface area contributed by atoms with Crippen molar-refractivity contribution in [3.8, 4) is 11.5 Å². The Balaban J connectivity index is 1.99. The van der Waals surface area contributed by atoms with Gasteiger partial charge in [-0.25, -0.2) is 0 Å². The zero-order valence-electron chi connectivity index (χ0n) is 23.7. The SMILES string of the molecule is [2H]C([2H])([2H])c1c(O)c(C)c(C)c2c1CC[C@@](C)(CC/C=C(\C)CC/C=C(\C)CCC=C(C)C)O2. The minimum atomic E-state index is -2.36. The van der Waals surface area contributed by atoms with Crippen molar-refractivity contribution >= 4 is 0 Å². The number of hydrogen-bond donors (Lipinski definition) is 1. The lowest BCUT2D eigenvalue weighted by molar-refractivity contribution is 0.0558. The third-order valence-corrected chi connectivity index (χ3v) is 6.61. The van der Waals surface area contributed by atoms with Gasteiger partial charge >= 0.3 is 0 Å². The van der Waals surface area contributed by atoms with Crippen LogP contribution in [0.5, 0.6) is 11.5 Å². The molecule has 0 aromatic heterocycles. The molecule has 2 rings (SSSR count). The molecule has 0 bridgehead atoms. The van der Waals surface area contributed by atoms with E-state index in [-0.39, 0.29) is 16.9 Å². The number of hydrogen-bond acceptors (Lipinski definition) is 2. The van der Waals surface area contributed by atoms with Gasteiger partial charge in [-0.15, -0.1) is 0 Å². The van der Waals surface area contributed by atoms with E-state index in [0.29, 0.717) is 23.3 Å². The Bertz CT molecular complexity index is 963.